The maximum atomic E-state index is 6.18. The van der Waals surface area contributed by atoms with Crippen LogP contribution in [0.5, 0.6) is 0 Å². The SMILES string of the molecule is Cn1nccc1-c1nnc(N2CCC(N)CC2CI)c2ccccc12. The number of halogens is 1. The van der Waals surface area contributed by atoms with Crippen LogP contribution < -0.4 is 10.6 Å². The van der Waals surface area contributed by atoms with Crippen LogP contribution in [0.15, 0.2) is 36.5 Å². The minimum atomic E-state index is 0.281. The van der Waals surface area contributed by atoms with Crippen molar-refractivity contribution in [3.8, 4) is 11.4 Å². The molecule has 0 aliphatic carbocycles. The molecule has 0 bridgehead atoms. The van der Waals surface area contributed by atoms with E-state index in [4.69, 9.17) is 5.73 Å². The Bertz CT molecular complexity index is 892. The van der Waals surface area contributed by atoms with Crippen LogP contribution in [0.25, 0.3) is 22.2 Å². The van der Waals surface area contributed by atoms with Crippen molar-refractivity contribution in [3.05, 3.63) is 36.5 Å². The van der Waals surface area contributed by atoms with Gasteiger partial charge in [-0.25, -0.2) is 0 Å². The Morgan fingerprint density at radius 2 is 2.00 bits per heavy atom. The number of fused-ring (bicyclic) bond motifs is 1. The molecule has 1 fully saturated rings. The molecule has 4 rings (SSSR count). The van der Waals surface area contributed by atoms with Crippen molar-refractivity contribution in [3.63, 3.8) is 0 Å². The topological polar surface area (TPSA) is 72.9 Å². The molecule has 0 amide bonds. The zero-order chi connectivity index (χ0) is 17.4. The fourth-order valence-electron chi connectivity index (χ4n) is 3.60. The fraction of sp³-hybridized carbons (Fsp3) is 0.389. The molecule has 0 radical (unpaired) electrons. The van der Waals surface area contributed by atoms with E-state index in [9.17, 15) is 0 Å². The van der Waals surface area contributed by atoms with Crippen molar-refractivity contribution in [2.24, 2.45) is 12.8 Å². The van der Waals surface area contributed by atoms with Gasteiger partial charge in [-0.05, 0) is 18.9 Å². The average Bonchev–Trinajstić information content (AvgIpc) is 3.06. The normalized spacial score (nSPS) is 21.0. The molecule has 1 aliphatic rings. The summed E-state index contributed by atoms with van der Waals surface area (Å²) in [7, 11) is 1.93. The van der Waals surface area contributed by atoms with E-state index in [1.54, 1.807) is 6.20 Å². The molecule has 1 saturated heterocycles. The molecule has 2 atom stereocenters. The van der Waals surface area contributed by atoms with Crippen LogP contribution in [-0.2, 0) is 7.05 Å². The fourth-order valence-corrected chi connectivity index (χ4v) is 4.44. The van der Waals surface area contributed by atoms with Crippen molar-refractivity contribution in [1.82, 2.24) is 20.0 Å². The Labute approximate surface area is 160 Å². The summed E-state index contributed by atoms with van der Waals surface area (Å²) in [6.07, 6.45) is 3.78. The third kappa shape index (κ3) is 2.99. The number of hydrogen-bond acceptors (Lipinski definition) is 5. The molecule has 2 aromatic heterocycles. The largest absolute Gasteiger partial charge is 0.351 e. The zero-order valence-corrected chi connectivity index (χ0v) is 16.3. The zero-order valence-electron chi connectivity index (χ0n) is 14.1. The smallest absolute Gasteiger partial charge is 0.159 e. The lowest BCUT2D eigenvalue weighted by atomic mass is 9.98. The summed E-state index contributed by atoms with van der Waals surface area (Å²) >= 11 is 2.44. The van der Waals surface area contributed by atoms with Gasteiger partial charge in [0, 0.05) is 47.1 Å². The highest BCUT2D eigenvalue weighted by molar-refractivity contribution is 14.1. The summed E-state index contributed by atoms with van der Waals surface area (Å²) in [6, 6.07) is 11.0. The number of hydrogen-bond donors (Lipinski definition) is 1. The maximum absolute atomic E-state index is 6.18. The molecule has 0 saturated carbocycles. The first-order valence-electron chi connectivity index (χ1n) is 8.51. The van der Waals surface area contributed by atoms with Crippen LogP contribution in [0.4, 0.5) is 5.82 Å². The highest BCUT2D eigenvalue weighted by Crippen LogP contribution is 2.33. The molecule has 1 aromatic carbocycles. The van der Waals surface area contributed by atoms with Gasteiger partial charge in [0.1, 0.15) is 5.69 Å². The first-order chi connectivity index (χ1) is 12.2. The molecule has 3 aromatic rings. The highest BCUT2D eigenvalue weighted by atomic mass is 127. The summed E-state index contributed by atoms with van der Waals surface area (Å²) in [5, 5.41) is 15.7. The lowest BCUT2D eigenvalue weighted by molar-refractivity contribution is 0.434. The van der Waals surface area contributed by atoms with E-state index in [-0.39, 0.29) is 6.04 Å². The lowest BCUT2D eigenvalue weighted by Crippen LogP contribution is -2.48. The highest BCUT2D eigenvalue weighted by Gasteiger charge is 2.28. The molecule has 3 heterocycles. The van der Waals surface area contributed by atoms with E-state index in [0.717, 1.165) is 51.8 Å². The van der Waals surface area contributed by atoms with Crippen LogP contribution in [0.3, 0.4) is 0 Å². The Morgan fingerprint density at radius 1 is 1.20 bits per heavy atom. The predicted octanol–water partition coefficient (Wildman–Crippen LogP) is 2.76. The number of rotatable bonds is 3. The van der Waals surface area contributed by atoms with Crippen LogP contribution >= 0.6 is 22.6 Å². The second-order valence-electron chi connectivity index (χ2n) is 6.54. The van der Waals surface area contributed by atoms with Gasteiger partial charge in [0.15, 0.2) is 5.82 Å². The van der Waals surface area contributed by atoms with Crippen LogP contribution in [-0.4, -0.2) is 43.0 Å². The third-order valence-corrected chi connectivity index (χ3v) is 5.95. The standard InChI is InChI=1S/C18H21IN6/c1-24-16(6-8-21-24)17-14-4-2-3-5-15(14)18(23-22-17)25-9-7-12(20)10-13(25)11-19/h2-6,8,12-13H,7,9-11,20H2,1H3. The molecule has 7 heteroatoms. The van der Waals surface area contributed by atoms with Gasteiger partial charge >= 0.3 is 0 Å². The van der Waals surface area contributed by atoms with E-state index in [0.29, 0.717) is 6.04 Å². The quantitative estimate of drug-likeness (QED) is 0.493. The molecular weight excluding hydrogens is 427 g/mol. The predicted molar refractivity (Wildman–Crippen MR) is 109 cm³/mol. The van der Waals surface area contributed by atoms with Gasteiger partial charge in [-0.15, -0.1) is 10.2 Å². The first-order valence-corrected chi connectivity index (χ1v) is 10.0. The monoisotopic (exact) mass is 448 g/mol. The molecule has 2 N–H and O–H groups in total. The molecular formula is C18H21IN6. The second kappa shape index (κ2) is 6.87. The number of alkyl halides is 1. The van der Waals surface area contributed by atoms with Gasteiger partial charge in [-0.3, -0.25) is 4.68 Å². The van der Waals surface area contributed by atoms with E-state index < -0.39 is 0 Å². The number of piperidine rings is 1. The summed E-state index contributed by atoms with van der Waals surface area (Å²) in [6.45, 7) is 0.929. The molecule has 130 valence electrons. The second-order valence-corrected chi connectivity index (χ2v) is 7.42. The first kappa shape index (κ1) is 16.7. The number of nitrogens with two attached hydrogens (primary N) is 1. The number of anilines is 1. The van der Waals surface area contributed by atoms with Gasteiger partial charge in [-0.1, -0.05) is 46.9 Å². The molecule has 2 unspecified atom stereocenters. The van der Waals surface area contributed by atoms with Crippen LogP contribution in [0.2, 0.25) is 0 Å². The van der Waals surface area contributed by atoms with Gasteiger partial charge in [0.05, 0.1) is 5.69 Å². The summed E-state index contributed by atoms with van der Waals surface area (Å²) < 4.78 is 2.87. The van der Waals surface area contributed by atoms with Crippen molar-refractivity contribution in [1.29, 1.82) is 0 Å². The van der Waals surface area contributed by atoms with Crippen molar-refractivity contribution in [2.75, 3.05) is 15.9 Å². The van der Waals surface area contributed by atoms with E-state index in [1.165, 1.54) is 0 Å². The van der Waals surface area contributed by atoms with Gasteiger partial charge in [0.25, 0.3) is 0 Å². The molecule has 1 aliphatic heterocycles. The van der Waals surface area contributed by atoms with E-state index in [2.05, 4.69) is 67.1 Å². The lowest BCUT2D eigenvalue weighted by Gasteiger charge is -2.38. The number of nitrogens with zero attached hydrogens (tertiary/aromatic N) is 5. The third-order valence-electron chi connectivity index (χ3n) is 4.94. The Morgan fingerprint density at radius 3 is 2.72 bits per heavy atom. The number of aromatic nitrogens is 4. The van der Waals surface area contributed by atoms with E-state index in [1.807, 2.05) is 17.8 Å². The molecule has 6 nitrogen and oxygen atoms in total. The summed E-state index contributed by atoms with van der Waals surface area (Å²) in [5.41, 5.74) is 8.03. The van der Waals surface area contributed by atoms with Gasteiger partial charge in [0.2, 0.25) is 0 Å². The van der Waals surface area contributed by atoms with Crippen molar-refractivity contribution in [2.45, 2.75) is 24.9 Å². The summed E-state index contributed by atoms with van der Waals surface area (Å²) in [5.74, 6) is 0.968. The van der Waals surface area contributed by atoms with Gasteiger partial charge in [-0.2, -0.15) is 5.10 Å². The Balaban J connectivity index is 1.86. The van der Waals surface area contributed by atoms with Crippen LogP contribution in [0, 0.1) is 0 Å². The molecule has 25 heavy (non-hydrogen) atoms. The summed E-state index contributed by atoms with van der Waals surface area (Å²) in [4.78, 5) is 2.39. The minimum Gasteiger partial charge on any atom is -0.351 e. The van der Waals surface area contributed by atoms with Crippen molar-refractivity contribution < 1.29 is 0 Å². The Hall–Kier alpha value is -1.74. The van der Waals surface area contributed by atoms with Gasteiger partial charge < -0.3 is 10.6 Å². The van der Waals surface area contributed by atoms with E-state index >= 15 is 0 Å². The number of aryl methyl sites for hydroxylation is 1. The van der Waals surface area contributed by atoms with Crippen LogP contribution in [0.1, 0.15) is 12.8 Å². The minimum absolute atomic E-state index is 0.281. The van der Waals surface area contributed by atoms with Crippen molar-refractivity contribution >= 4 is 39.2 Å². The Kier molecular flexibility index (Phi) is 4.60. The molecule has 0 spiro atoms. The maximum Gasteiger partial charge on any atom is 0.159 e. The number of benzene rings is 1. The average molecular weight is 448 g/mol.